The smallest absolute Gasteiger partial charge is 0.153 e. The van der Waals surface area contributed by atoms with Crippen LogP contribution in [0.4, 0.5) is 0 Å². The number of aromatic nitrogens is 1. The van der Waals surface area contributed by atoms with Gasteiger partial charge in [-0.25, -0.2) is 0 Å². The molecule has 0 atom stereocenters. The molecule has 1 N–H and O–H groups in total. The van der Waals surface area contributed by atoms with Crippen molar-refractivity contribution in [1.29, 1.82) is 0 Å². The highest BCUT2D eigenvalue weighted by Crippen LogP contribution is 2.18. The van der Waals surface area contributed by atoms with Crippen molar-refractivity contribution in [3.63, 3.8) is 0 Å². The fourth-order valence-electron chi connectivity index (χ4n) is 1.65. The van der Waals surface area contributed by atoms with E-state index in [-0.39, 0.29) is 0 Å². The topological polar surface area (TPSA) is 38.1 Å². The molecule has 0 saturated carbocycles. The molecule has 0 spiro atoms. The summed E-state index contributed by atoms with van der Waals surface area (Å²) in [7, 11) is 0. The molecular weight excluding hydrogens is 152 g/mol. The molecule has 3 nitrogen and oxygen atoms in total. The summed E-state index contributed by atoms with van der Waals surface area (Å²) in [6.45, 7) is 4.08. The van der Waals surface area contributed by atoms with E-state index in [1.165, 1.54) is 11.3 Å². The Morgan fingerprint density at radius 2 is 2.50 bits per heavy atom. The Kier molecular flexibility index (Phi) is 2.13. The van der Waals surface area contributed by atoms with Crippen LogP contribution in [0, 0.1) is 0 Å². The van der Waals surface area contributed by atoms with E-state index >= 15 is 0 Å². The van der Waals surface area contributed by atoms with Crippen molar-refractivity contribution in [2.45, 2.75) is 32.7 Å². The molecule has 66 valence electrons. The fraction of sp³-hybridized carbons (Fsp3) is 0.667. The van der Waals surface area contributed by atoms with Crippen molar-refractivity contribution in [2.75, 3.05) is 6.54 Å². The summed E-state index contributed by atoms with van der Waals surface area (Å²) in [5.41, 5.74) is 2.53. The minimum atomic E-state index is 0.853. The highest BCUT2D eigenvalue weighted by Gasteiger charge is 2.17. The average Bonchev–Trinajstić information content (AvgIpc) is 2.50. The van der Waals surface area contributed by atoms with Gasteiger partial charge >= 0.3 is 0 Å². The maximum absolute atomic E-state index is 5.23. The Morgan fingerprint density at radius 3 is 3.33 bits per heavy atom. The quantitative estimate of drug-likeness (QED) is 0.719. The summed E-state index contributed by atoms with van der Waals surface area (Å²) in [6, 6.07) is 0. The van der Waals surface area contributed by atoms with Gasteiger partial charge in [0.1, 0.15) is 0 Å². The van der Waals surface area contributed by atoms with Crippen molar-refractivity contribution in [3.8, 4) is 0 Å². The number of nitrogens with zero attached hydrogens (tertiary/aromatic N) is 1. The second-order valence-electron chi connectivity index (χ2n) is 3.21. The number of fused-ring (bicyclic) bond motifs is 1. The van der Waals surface area contributed by atoms with Crippen LogP contribution in [0.25, 0.3) is 0 Å². The molecule has 1 aromatic heterocycles. The molecule has 0 unspecified atom stereocenters. The van der Waals surface area contributed by atoms with Gasteiger partial charge in [-0.3, -0.25) is 0 Å². The zero-order valence-corrected chi connectivity index (χ0v) is 7.39. The molecule has 0 amide bonds. The summed E-state index contributed by atoms with van der Waals surface area (Å²) >= 11 is 0. The lowest BCUT2D eigenvalue weighted by atomic mass is 10.0. The van der Waals surface area contributed by atoms with Crippen molar-refractivity contribution < 1.29 is 4.52 Å². The predicted octanol–water partition coefficient (Wildman–Crippen LogP) is 1.27. The molecule has 0 fully saturated rings. The monoisotopic (exact) mass is 166 g/mol. The Balaban J connectivity index is 2.25. The summed E-state index contributed by atoms with van der Waals surface area (Å²) in [5.74, 6) is 1.05. The molecule has 1 aliphatic heterocycles. The van der Waals surface area contributed by atoms with Gasteiger partial charge in [-0.15, -0.1) is 0 Å². The zero-order chi connectivity index (χ0) is 8.39. The van der Waals surface area contributed by atoms with E-state index in [2.05, 4.69) is 17.4 Å². The first kappa shape index (κ1) is 7.80. The molecule has 1 aromatic rings. The van der Waals surface area contributed by atoms with Gasteiger partial charge in [0.15, 0.2) is 5.76 Å². The summed E-state index contributed by atoms with van der Waals surface area (Å²) in [6.07, 6.45) is 3.28. The molecular formula is C9H14N2O. The minimum Gasteiger partial charge on any atom is -0.359 e. The first-order valence-electron chi connectivity index (χ1n) is 4.59. The van der Waals surface area contributed by atoms with Crippen LogP contribution in [0.5, 0.6) is 0 Å². The highest BCUT2D eigenvalue weighted by molar-refractivity contribution is 5.25. The van der Waals surface area contributed by atoms with E-state index in [1.54, 1.807) is 0 Å². The molecule has 0 aliphatic carbocycles. The zero-order valence-electron chi connectivity index (χ0n) is 7.39. The molecule has 0 bridgehead atoms. The third-order valence-electron chi connectivity index (χ3n) is 2.28. The summed E-state index contributed by atoms with van der Waals surface area (Å²) in [5, 5.41) is 7.34. The van der Waals surface area contributed by atoms with Gasteiger partial charge in [0.2, 0.25) is 0 Å². The average molecular weight is 166 g/mol. The first-order chi connectivity index (χ1) is 5.92. The first-order valence-corrected chi connectivity index (χ1v) is 4.59. The Morgan fingerprint density at radius 1 is 1.58 bits per heavy atom. The SMILES string of the molecule is CCCc1noc2c1CCNC2. The maximum Gasteiger partial charge on any atom is 0.153 e. The molecule has 3 heteroatoms. The standard InChI is InChI=1S/C9H14N2O/c1-2-3-8-7-4-5-10-6-9(7)12-11-8/h10H,2-6H2,1H3. The van der Waals surface area contributed by atoms with Crippen LogP contribution in [0.2, 0.25) is 0 Å². The predicted molar refractivity (Wildman–Crippen MR) is 45.9 cm³/mol. The van der Waals surface area contributed by atoms with Crippen molar-refractivity contribution >= 4 is 0 Å². The molecule has 12 heavy (non-hydrogen) atoms. The molecule has 2 rings (SSSR count). The molecule has 2 heterocycles. The Hall–Kier alpha value is -0.830. The van der Waals surface area contributed by atoms with Gasteiger partial charge < -0.3 is 9.84 Å². The van der Waals surface area contributed by atoms with Gasteiger partial charge in [-0.2, -0.15) is 0 Å². The Bertz CT molecular complexity index is 267. The van der Waals surface area contributed by atoms with Gasteiger partial charge in [-0.05, 0) is 19.4 Å². The summed E-state index contributed by atoms with van der Waals surface area (Å²) < 4.78 is 5.23. The lowest BCUT2D eigenvalue weighted by molar-refractivity contribution is 0.361. The van der Waals surface area contributed by atoms with E-state index in [0.29, 0.717) is 0 Å². The van der Waals surface area contributed by atoms with Crippen molar-refractivity contribution in [1.82, 2.24) is 10.5 Å². The van der Waals surface area contributed by atoms with Gasteiger partial charge in [0.05, 0.1) is 12.2 Å². The molecule has 1 aliphatic rings. The lowest BCUT2D eigenvalue weighted by Crippen LogP contribution is -2.22. The molecule has 0 saturated heterocycles. The van der Waals surface area contributed by atoms with Crippen LogP contribution < -0.4 is 5.32 Å². The number of hydrogen-bond acceptors (Lipinski definition) is 3. The number of rotatable bonds is 2. The third kappa shape index (κ3) is 1.25. The number of nitrogens with one attached hydrogen (secondary N) is 1. The highest BCUT2D eigenvalue weighted by atomic mass is 16.5. The number of aryl methyl sites for hydroxylation is 1. The molecule has 0 aromatic carbocycles. The van der Waals surface area contributed by atoms with Gasteiger partial charge in [0.25, 0.3) is 0 Å². The van der Waals surface area contributed by atoms with E-state index in [1.807, 2.05) is 0 Å². The fourth-order valence-corrected chi connectivity index (χ4v) is 1.65. The second-order valence-corrected chi connectivity index (χ2v) is 3.21. The van der Waals surface area contributed by atoms with Crippen LogP contribution in [0.15, 0.2) is 4.52 Å². The van der Waals surface area contributed by atoms with Crippen LogP contribution in [-0.2, 0) is 19.4 Å². The van der Waals surface area contributed by atoms with E-state index in [4.69, 9.17) is 4.52 Å². The van der Waals surface area contributed by atoms with Crippen LogP contribution in [0.3, 0.4) is 0 Å². The molecule has 0 radical (unpaired) electrons. The summed E-state index contributed by atoms with van der Waals surface area (Å²) in [4.78, 5) is 0. The van der Waals surface area contributed by atoms with Gasteiger partial charge in [-0.1, -0.05) is 18.5 Å². The van der Waals surface area contributed by atoms with Crippen molar-refractivity contribution in [3.05, 3.63) is 17.0 Å². The van der Waals surface area contributed by atoms with E-state index in [0.717, 1.165) is 38.1 Å². The van der Waals surface area contributed by atoms with Crippen molar-refractivity contribution in [2.24, 2.45) is 0 Å². The van der Waals surface area contributed by atoms with Crippen LogP contribution in [0.1, 0.15) is 30.4 Å². The van der Waals surface area contributed by atoms with Crippen LogP contribution in [-0.4, -0.2) is 11.7 Å². The largest absolute Gasteiger partial charge is 0.359 e. The Labute approximate surface area is 72.1 Å². The minimum absolute atomic E-state index is 0.853. The van der Waals surface area contributed by atoms with Gasteiger partial charge in [0, 0.05) is 5.56 Å². The van der Waals surface area contributed by atoms with Crippen LogP contribution >= 0.6 is 0 Å². The van der Waals surface area contributed by atoms with E-state index in [9.17, 15) is 0 Å². The lowest BCUT2D eigenvalue weighted by Gasteiger charge is -2.10. The second kappa shape index (κ2) is 3.27. The third-order valence-corrected chi connectivity index (χ3v) is 2.28. The van der Waals surface area contributed by atoms with E-state index < -0.39 is 0 Å². The maximum atomic E-state index is 5.23. The number of hydrogen-bond donors (Lipinski definition) is 1. The normalized spacial score (nSPS) is 16.1.